The Hall–Kier alpha value is -3.61. The first-order valence-electron chi connectivity index (χ1n) is 7.58. The summed E-state index contributed by atoms with van der Waals surface area (Å²) in [6.07, 6.45) is 0. The minimum atomic E-state index is -0.820. The fraction of sp³-hybridized carbons (Fsp3) is 0.0556. The molecule has 0 saturated carbocycles. The Labute approximate surface area is 144 Å². The summed E-state index contributed by atoms with van der Waals surface area (Å²) in [4.78, 5) is 23.7. The molecule has 3 rings (SSSR count). The molecule has 0 bridgehead atoms. The third kappa shape index (κ3) is 4.44. The van der Waals surface area contributed by atoms with Gasteiger partial charge in [0.25, 0.3) is 0 Å². The molecule has 3 aromatic rings. The number of aryl methyl sites for hydroxylation is 1. The molecule has 0 aliphatic carbocycles. The van der Waals surface area contributed by atoms with E-state index in [1.54, 1.807) is 19.1 Å². The van der Waals surface area contributed by atoms with E-state index in [0.717, 1.165) is 11.4 Å². The van der Waals surface area contributed by atoms with E-state index < -0.39 is 11.8 Å². The molecule has 0 saturated heterocycles. The second-order valence-electron chi connectivity index (χ2n) is 5.30. The first-order chi connectivity index (χ1) is 12.1. The predicted molar refractivity (Wildman–Crippen MR) is 94.7 cm³/mol. The number of benzene rings is 2. The van der Waals surface area contributed by atoms with Crippen LogP contribution in [0.3, 0.4) is 0 Å². The van der Waals surface area contributed by atoms with Crippen LogP contribution in [0.2, 0.25) is 0 Å². The number of nitrogens with one attached hydrogen (secondary N) is 3. The van der Waals surface area contributed by atoms with Crippen LogP contribution in [0.15, 0.2) is 65.2 Å². The van der Waals surface area contributed by atoms with E-state index in [2.05, 4.69) is 21.1 Å². The molecule has 2 amide bonds. The van der Waals surface area contributed by atoms with Crippen LogP contribution in [0, 0.1) is 6.92 Å². The molecule has 126 valence electrons. The number of para-hydroxylation sites is 1. The highest BCUT2D eigenvalue weighted by Gasteiger charge is 2.15. The summed E-state index contributed by atoms with van der Waals surface area (Å²) in [6.45, 7) is 1.69. The second kappa shape index (κ2) is 7.31. The van der Waals surface area contributed by atoms with Crippen LogP contribution in [-0.2, 0) is 9.59 Å². The molecule has 7 nitrogen and oxygen atoms in total. The van der Waals surface area contributed by atoms with Crippen molar-refractivity contribution in [3.63, 3.8) is 0 Å². The van der Waals surface area contributed by atoms with Gasteiger partial charge in [-0.05, 0) is 43.3 Å². The lowest BCUT2D eigenvalue weighted by Gasteiger charge is -2.08. The van der Waals surface area contributed by atoms with Gasteiger partial charge in [-0.3, -0.25) is 14.9 Å². The maximum atomic E-state index is 11.9. The predicted octanol–water partition coefficient (Wildman–Crippen LogP) is 3.30. The van der Waals surface area contributed by atoms with Gasteiger partial charge >= 0.3 is 11.8 Å². The normalized spacial score (nSPS) is 10.1. The van der Waals surface area contributed by atoms with E-state index in [0.29, 0.717) is 11.4 Å². The van der Waals surface area contributed by atoms with Crippen molar-refractivity contribution in [1.82, 2.24) is 5.16 Å². The number of nitrogens with zero attached hydrogens (tertiary/aromatic N) is 1. The maximum Gasteiger partial charge on any atom is 0.315 e. The number of anilines is 4. The molecule has 0 aliphatic heterocycles. The Kier molecular flexibility index (Phi) is 4.75. The highest BCUT2D eigenvalue weighted by Crippen LogP contribution is 2.18. The molecule has 1 heterocycles. The van der Waals surface area contributed by atoms with Gasteiger partial charge in [0.15, 0.2) is 5.82 Å². The van der Waals surface area contributed by atoms with Crippen LogP contribution in [0.5, 0.6) is 0 Å². The maximum absolute atomic E-state index is 11.9. The molecule has 2 aromatic carbocycles. The minimum Gasteiger partial charge on any atom is -0.360 e. The van der Waals surface area contributed by atoms with Crippen molar-refractivity contribution in [1.29, 1.82) is 0 Å². The van der Waals surface area contributed by atoms with Crippen molar-refractivity contribution in [3.05, 3.63) is 66.4 Å². The number of carbonyl (C=O) groups excluding carboxylic acids is 2. The zero-order valence-electron chi connectivity index (χ0n) is 13.4. The van der Waals surface area contributed by atoms with Gasteiger partial charge in [0.1, 0.15) is 5.76 Å². The Morgan fingerprint density at radius 2 is 1.44 bits per heavy atom. The molecule has 0 radical (unpaired) electrons. The average molecular weight is 336 g/mol. The topological polar surface area (TPSA) is 96.3 Å². The van der Waals surface area contributed by atoms with Crippen molar-refractivity contribution >= 4 is 34.7 Å². The number of rotatable bonds is 4. The monoisotopic (exact) mass is 336 g/mol. The van der Waals surface area contributed by atoms with E-state index in [-0.39, 0.29) is 5.82 Å². The summed E-state index contributed by atoms with van der Waals surface area (Å²) in [5, 5.41) is 11.7. The van der Waals surface area contributed by atoms with Gasteiger partial charge in [-0.25, -0.2) is 0 Å². The first-order valence-corrected chi connectivity index (χ1v) is 7.58. The number of hydrogen-bond acceptors (Lipinski definition) is 5. The van der Waals surface area contributed by atoms with Crippen molar-refractivity contribution in [3.8, 4) is 0 Å². The molecule has 0 fully saturated rings. The van der Waals surface area contributed by atoms with Crippen LogP contribution >= 0.6 is 0 Å². The van der Waals surface area contributed by atoms with Gasteiger partial charge in [-0.2, -0.15) is 0 Å². The molecular weight excluding hydrogens is 320 g/mol. The van der Waals surface area contributed by atoms with Crippen molar-refractivity contribution < 1.29 is 14.1 Å². The van der Waals surface area contributed by atoms with Crippen molar-refractivity contribution in [2.45, 2.75) is 6.92 Å². The summed E-state index contributed by atoms with van der Waals surface area (Å²) in [7, 11) is 0. The van der Waals surface area contributed by atoms with Crippen LogP contribution in [0.1, 0.15) is 5.76 Å². The van der Waals surface area contributed by atoms with Crippen molar-refractivity contribution in [2.24, 2.45) is 0 Å². The summed E-state index contributed by atoms with van der Waals surface area (Å²) in [5.74, 6) is -0.874. The summed E-state index contributed by atoms with van der Waals surface area (Å²) in [6, 6.07) is 18.3. The number of aromatic nitrogens is 1. The molecule has 3 N–H and O–H groups in total. The number of hydrogen-bond donors (Lipinski definition) is 3. The van der Waals surface area contributed by atoms with Gasteiger partial charge < -0.3 is 15.2 Å². The third-order valence-electron chi connectivity index (χ3n) is 3.28. The molecule has 0 aliphatic rings. The Balaban J connectivity index is 1.57. The molecule has 25 heavy (non-hydrogen) atoms. The third-order valence-corrected chi connectivity index (χ3v) is 3.28. The Bertz CT molecular complexity index is 873. The van der Waals surface area contributed by atoms with Gasteiger partial charge in [-0.1, -0.05) is 23.4 Å². The molecule has 0 atom stereocenters. The van der Waals surface area contributed by atoms with E-state index in [4.69, 9.17) is 4.52 Å². The van der Waals surface area contributed by atoms with Crippen LogP contribution < -0.4 is 16.0 Å². The highest BCUT2D eigenvalue weighted by molar-refractivity contribution is 6.43. The first kappa shape index (κ1) is 16.3. The van der Waals surface area contributed by atoms with E-state index in [9.17, 15) is 9.59 Å². The van der Waals surface area contributed by atoms with Crippen molar-refractivity contribution in [2.75, 3.05) is 16.0 Å². The number of amides is 2. The summed E-state index contributed by atoms with van der Waals surface area (Å²) in [5.41, 5.74) is 2.34. The lowest BCUT2D eigenvalue weighted by atomic mass is 10.2. The Morgan fingerprint density at radius 1 is 0.840 bits per heavy atom. The van der Waals surface area contributed by atoms with Crippen LogP contribution in [-0.4, -0.2) is 17.0 Å². The lowest BCUT2D eigenvalue weighted by Crippen LogP contribution is -2.29. The standard InChI is InChI=1S/C18H16N4O3/c1-12-11-16(22-25-12)21-18(24)17(23)20-15-9-7-14(8-10-15)19-13-5-3-2-4-6-13/h2-11,19H,1H3,(H,20,23)(H,21,22,24). The Morgan fingerprint density at radius 3 is 2.08 bits per heavy atom. The fourth-order valence-corrected chi connectivity index (χ4v) is 2.11. The zero-order valence-corrected chi connectivity index (χ0v) is 13.4. The summed E-state index contributed by atoms with van der Waals surface area (Å²) < 4.78 is 4.82. The van der Waals surface area contributed by atoms with E-state index >= 15 is 0 Å². The van der Waals surface area contributed by atoms with Gasteiger partial charge in [0.2, 0.25) is 0 Å². The largest absolute Gasteiger partial charge is 0.360 e. The minimum absolute atomic E-state index is 0.194. The molecule has 0 spiro atoms. The SMILES string of the molecule is Cc1cc(NC(=O)C(=O)Nc2ccc(Nc3ccccc3)cc2)no1. The average Bonchev–Trinajstić information content (AvgIpc) is 3.02. The molecule has 0 unspecified atom stereocenters. The van der Waals surface area contributed by atoms with Gasteiger partial charge in [-0.15, -0.1) is 0 Å². The quantitative estimate of drug-likeness (QED) is 0.635. The van der Waals surface area contributed by atoms with E-state index in [1.807, 2.05) is 42.5 Å². The van der Waals surface area contributed by atoms with E-state index in [1.165, 1.54) is 6.07 Å². The van der Waals surface area contributed by atoms with Crippen LogP contribution in [0.4, 0.5) is 22.9 Å². The van der Waals surface area contributed by atoms with Gasteiger partial charge in [0.05, 0.1) is 0 Å². The molecule has 7 heteroatoms. The lowest BCUT2D eigenvalue weighted by molar-refractivity contribution is -0.133. The molecular formula is C18H16N4O3. The fourth-order valence-electron chi connectivity index (χ4n) is 2.11. The zero-order chi connectivity index (χ0) is 17.6. The number of carbonyl (C=O) groups is 2. The summed E-state index contributed by atoms with van der Waals surface area (Å²) >= 11 is 0. The van der Waals surface area contributed by atoms with Crippen LogP contribution in [0.25, 0.3) is 0 Å². The smallest absolute Gasteiger partial charge is 0.315 e. The highest BCUT2D eigenvalue weighted by atomic mass is 16.5. The molecule has 1 aromatic heterocycles. The van der Waals surface area contributed by atoms with Gasteiger partial charge in [0, 0.05) is 23.1 Å². The second-order valence-corrected chi connectivity index (χ2v) is 5.30.